The SMILES string of the molecule is O=NCC[NH+]([O-])O. The molecule has 0 aliphatic heterocycles. The maximum Gasteiger partial charge on any atom is 0.133 e. The van der Waals surface area contributed by atoms with Gasteiger partial charge >= 0.3 is 0 Å². The van der Waals surface area contributed by atoms with E-state index in [1.165, 1.54) is 0 Å². The van der Waals surface area contributed by atoms with Crippen molar-refractivity contribution in [2.75, 3.05) is 13.1 Å². The van der Waals surface area contributed by atoms with Gasteiger partial charge in [0.05, 0.1) is 0 Å². The fourth-order valence-corrected chi connectivity index (χ4v) is 0.141. The van der Waals surface area contributed by atoms with Gasteiger partial charge in [-0.1, -0.05) is 5.18 Å². The number of rotatable bonds is 3. The number of quaternary nitrogens is 1. The van der Waals surface area contributed by atoms with Gasteiger partial charge in [-0.2, -0.15) is 4.91 Å². The number of nitroso groups, excluding NO2 is 1. The summed E-state index contributed by atoms with van der Waals surface area (Å²) < 4.78 is 0. The predicted octanol–water partition coefficient (Wildman–Crippen LogP) is -1.48. The molecular formula is C2H6N2O3. The van der Waals surface area contributed by atoms with Crippen LogP contribution < -0.4 is 5.23 Å². The molecule has 7 heavy (non-hydrogen) atoms. The first kappa shape index (κ1) is 6.48. The number of hydrogen-bond acceptors (Lipinski definition) is 4. The van der Waals surface area contributed by atoms with E-state index < -0.39 is 5.23 Å². The van der Waals surface area contributed by atoms with Crippen LogP contribution in [0.3, 0.4) is 0 Å². The third kappa shape index (κ3) is 5.48. The molecule has 1 unspecified atom stereocenters. The van der Waals surface area contributed by atoms with Crippen LogP contribution in [0.15, 0.2) is 5.18 Å². The molecule has 0 bridgehead atoms. The molecule has 2 N–H and O–H groups in total. The van der Waals surface area contributed by atoms with Gasteiger partial charge in [0, 0.05) is 0 Å². The van der Waals surface area contributed by atoms with Crippen LogP contribution in [0.1, 0.15) is 0 Å². The van der Waals surface area contributed by atoms with E-state index in [-0.39, 0.29) is 13.1 Å². The standard InChI is InChI=1S/C2H6N2O3/c5-3-1-2-4(6)7/h4,6H,1-2H2. The lowest BCUT2D eigenvalue weighted by atomic mass is 10.7. The highest BCUT2D eigenvalue weighted by molar-refractivity contribution is 4.31. The normalized spacial score (nSPS) is 13.4. The van der Waals surface area contributed by atoms with Gasteiger partial charge in [-0.3, -0.25) is 0 Å². The molecule has 42 valence electrons. The van der Waals surface area contributed by atoms with Crippen LogP contribution in [0.5, 0.6) is 0 Å². The van der Waals surface area contributed by atoms with Crippen LogP contribution in [0.25, 0.3) is 0 Å². The first-order valence-corrected chi connectivity index (χ1v) is 1.78. The van der Waals surface area contributed by atoms with E-state index in [0.717, 1.165) is 0 Å². The summed E-state index contributed by atoms with van der Waals surface area (Å²) in [5, 5.41) is 18.8. The zero-order valence-corrected chi connectivity index (χ0v) is 3.63. The molecule has 0 amide bonds. The Labute approximate surface area is 40.1 Å². The van der Waals surface area contributed by atoms with Crippen molar-refractivity contribution in [3.63, 3.8) is 0 Å². The molecule has 0 saturated heterocycles. The summed E-state index contributed by atoms with van der Waals surface area (Å²) in [6.07, 6.45) is 0. The summed E-state index contributed by atoms with van der Waals surface area (Å²) in [7, 11) is 0. The maximum atomic E-state index is 9.56. The van der Waals surface area contributed by atoms with Crippen molar-refractivity contribution in [1.29, 1.82) is 0 Å². The van der Waals surface area contributed by atoms with Gasteiger partial charge in [0.25, 0.3) is 0 Å². The second-order valence-electron chi connectivity index (χ2n) is 0.996. The summed E-state index contributed by atoms with van der Waals surface area (Å²) in [6, 6.07) is 0. The highest BCUT2D eigenvalue weighted by atomic mass is 16.8. The van der Waals surface area contributed by atoms with E-state index in [1.807, 2.05) is 0 Å². The van der Waals surface area contributed by atoms with Gasteiger partial charge < -0.3 is 5.21 Å². The zero-order valence-electron chi connectivity index (χ0n) is 3.63. The summed E-state index contributed by atoms with van der Waals surface area (Å²) in [5.41, 5.74) is 0. The first-order valence-electron chi connectivity index (χ1n) is 1.78. The molecule has 5 heteroatoms. The van der Waals surface area contributed by atoms with Gasteiger partial charge in [0.2, 0.25) is 0 Å². The minimum absolute atomic E-state index is 0.130. The van der Waals surface area contributed by atoms with E-state index in [9.17, 15) is 10.1 Å². The lowest BCUT2D eigenvalue weighted by Gasteiger charge is -2.07. The predicted molar refractivity (Wildman–Crippen MR) is 21.6 cm³/mol. The van der Waals surface area contributed by atoms with E-state index in [2.05, 4.69) is 5.18 Å². The fourth-order valence-electron chi connectivity index (χ4n) is 0.141. The zero-order chi connectivity index (χ0) is 5.70. The van der Waals surface area contributed by atoms with Crippen LogP contribution in [-0.2, 0) is 0 Å². The number of hydroxylamine groups is 2. The van der Waals surface area contributed by atoms with Gasteiger partial charge in [-0.25, -0.2) is 10.4 Å². The van der Waals surface area contributed by atoms with Crippen LogP contribution in [0, 0.1) is 10.1 Å². The minimum Gasteiger partial charge on any atom is -0.600 e. The highest BCUT2D eigenvalue weighted by Gasteiger charge is 1.86. The smallest absolute Gasteiger partial charge is 0.133 e. The van der Waals surface area contributed by atoms with E-state index in [4.69, 9.17) is 5.21 Å². The average molecular weight is 106 g/mol. The molecule has 0 radical (unpaired) electrons. The van der Waals surface area contributed by atoms with Crippen LogP contribution in [0.2, 0.25) is 0 Å². The van der Waals surface area contributed by atoms with Gasteiger partial charge in [-0.05, 0) is 0 Å². The molecule has 0 heterocycles. The van der Waals surface area contributed by atoms with Gasteiger partial charge in [0.1, 0.15) is 13.1 Å². The molecule has 1 atom stereocenters. The quantitative estimate of drug-likeness (QED) is 0.340. The third-order valence-electron chi connectivity index (χ3n) is 0.417. The maximum absolute atomic E-state index is 9.56. The molecule has 0 spiro atoms. The topological polar surface area (TPSA) is 77.2 Å². The van der Waals surface area contributed by atoms with Crippen LogP contribution >= 0.6 is 0 Å². The van der Waals surface area contributed by atoms with Crippen molar-refractivity contribution < 1.29 is 10.4 Å². The van der Waals surface area contributed by atoms with E-state index in [1.54, 1.807) is 0 Å². The molecule has 0 aromatic heterocycles. The van der Waals surface area contributed by atoms with Gasteiger partial charge in [-0.15, -0.1) is 0 Å². The largest absolute Gasteiger partial charge is 0.600 e. The molecular weight excluding hydrogens is 100 g/mol. The molecule has 0 aliphatic carbocycles. The summed E-state index contributed by atoms with van der Waals surface area (Å²) in [6.45, 7) is -0.293. The highest BCUT2D eigenvalue weighted by Crippen LogP contribution is 1.54. The molecule has 0 aromatic carbocycles. The third-order valence-corrected chi connectivity index (χ3v) is 0.417. The number of nitrogens with zero attached hydrogens (tertiary/aromatic N) is 1. The van der Waals surface area contributed by atoms with Crippen molar-refractivity contribution in [3.8, 4) is 0 Å². The Morgan fingerprint density at radius 2 is 2.43 bits per heavy atom. The number of hydrogen-bond donors (Lipinski definition) is 2. The lowest BCUT2D eigenvalue weighted by Crippen LogP contribution is -3.05. The van der Waals surface area contributed by atoms with Crippen molar-refractivity contribution >= 4 is 0 Å². The molecule has 0 saturated carbocycles. The Hall–Kier alpha value is -0.520. The Morgan fingerprint density at radius 3 is 2.57 bits per heavy atom. The molecule has 0 fully saturated rings. The Morgan fingerprint density at radius 1 is 1.86 bits per heavy atom. The van der Waals surface area contributed by atoms with Crippen molar-refractivity contribution in [1.82, 2.24) is 0 Å². The number of nitrogens with one attached hydrogen (secondary N) is 1. The summed E-state index contributed by atoms with van der Waals surface area (Å²) in [4.78, 5) is 9.20. The van der Waals surface area contributed by atoms with Crippen molar-refractivity contribution in [2.45, 2.75) is 0 Å². The second kappa shape index (κ2) is 3.66. The Balaban J connectivity index is 2.81. The van der Waals surface area contributed by atoms with Crippen molar-refractivity contribution in [2.24, 2.45) is 5.18 Å². The molecule has 5 nitrogen and oxygen atoms in total. The molecule has 0 aliphatic rings. The Bertz CT molecular complexity index is 54.9. The van der Waals surface area contributed by atoms with Crippen molar-refractivity contribution in [3.05, 3.63) is 10.1 Å². The van der Waals surface area contributed by atoms with E-state index in [0.29, 0.717) is 0 Å². The Kier molecular flexibility index (Phi) is 3.39. The molecule has 0 rings (SSSR count). The minimum atomic E-state index is -0.986. The first-order chi connectivity index (χ1) is 3.27. The average Bonchev–Trinajstić information content (AvgIpc) is 1.61. The summed E-state index contributed by atoms with van der Waals surface area (Å²) >= 11 is 0. The van der Waals surface area contributed by atoms with Crippen LogP contribution in [-0.4, -0.2) is 18.3 Å². The summed E-state index contributed by atoms with van der Waals surface area (Å²) in [5.74, 6) is 0. The lowest BCUT2D eigenvalue weighted by molar-refractivity contribution is -1.05. The van der Waals surface area contributed by atoms with Gasteiger partial charge in [0.15, 0.2) is 0 Å². The van der Waals surface area contributed by atoms with E-state index >= 15 is 0 Å². The monoisotopic (exact) mass is 106 g/mol. The molecule has 0 aromatic rings. The second-order valence-corrected chi connectivity index (χ2v) is 0.996. The fraction of sp³-hybridized carbons (Fsp3) is 1.00. The van der Waals surface area contributed by atoms with Crippen LogP contribution in [0.4, 0.5) is 0 Å².